The van der Waals surface area contributed by atoms with Gasteiger partial charge in [-0.1, -0.05) is 16.8 Å². The van der Waals surface area contributed by atoms with Gasteiger partial charge in [0.05, 0.1) is 6.54 Å². The van der Waals surface area contributed by atoms with Gasteiger partial charge < -0.3 is 9.84 Å². The van der Waals surface area contributed by atoms with Crippen molar-refractivity contribution in [1.82, 2.24) is 15.5 Å². The topological polar surface area (TPSA) is 68.0 Å². The molecular weight excluding hydrogens is 340 g/mol. The first-order valence-corrected chi connectivity index (χ1v) is 7.22. The maximum Gasteiger partial charge on any atom is 0.251 e. The van der Waals surface area contributed by atoms with E-state index in [9.17, 15) is 13.6 Å². The van der Waals surface area contributed by atoms with Crippen LogP contribution in [0.3, 0.4) is 0 Å². The van der Waals surface area contributed by atoms with Crippen molar-refractivity contribution in [3.8, 4) is 11.4 Å². The van der Waals surface area contributed by atoms with Gasteiger partial charge in [-0.3, -0.25) is 4.79 Å². The Morgan fingerprint density at radius 3 is 2.58 bits per heavy atom. The van der Waals surface area contributed by atoms with E-state index in [0.717, 1.165) is 12.1 Å². The van der Waals surface area contributed by atoms with Gasteiger partial charge in [-0.25, -0.2) is 8.78 Å². The third kappa shape index (κ3) is 3.57. The van der Waals surface area contributed by atoms with Crippen molar-refractivity contribution >= 4 is 17.5 Å². The van der Waals surface area contributed by atoms with E-state index in [2.05, 4.69) is 15.5 Å². The average Bonchev–Trinajstić information content (AvgIpc) is 3.05. The molecule has 0 saturated heterocycles. The molecule has 0 aliphatic heterocycles. The van der Waals surface area contributed by atoms with Crippen LogP contribution < -0.4 is 5.32 Å². The van der Waals surface area contributed by atoms with Gasteiger partial charge in [0.2, 0.25) is 11.7 Å². The van der Waals surface area contributed by atoms with Crippen LogP contribution in [0.15, 0.2) is 47.0 Å². The number of rotatable bonds is 4. The summed E-state index contributed by atoms with van der Waals surface area (Å²) < 4.78 is 31.0. The van der Waals surface area contributed by atoms with Crippen LogP contribution in [-0.2, 0) is 6.54 Å². The Morgan fingerprint density at radius 1 is 1.12 bits per heavy atom. The number of halogens is 3. The molecule has 0 atom stereocenters. The van der Waals surface area contributed by atoms with Crippen LogP contribution in [0.1, 0.15) is 16.2 Å². The number of nitrogens with zero attached hydrogens (tertiary/aromatic N) is 2. The Hall–Kier alpha value is -2.80. The Morgan fingerprint density at radius 2 is 1.88 bits per heavy atom. The molecule has 122 valence electrons. The summed E-state index contributed by atoms with van der Waals surface area (Å²) in [5.74, 6) is -2.17. The summed E-state index contributed by atoms with van der Waals surface area (Å²) in [7, 11) is 0. The molecule has 0 fully saturated rings. The standard InChI is InChI=1S/C16H10ClF2N3O2/c17-11-4-1-9(2-5-11)15-21-14(24-22-15)8-20-16(23)10-3-6-12(18)13(19)7-10/h1-7H,8H2,(H,20,23). The summed E-state index contributed by atoms with van der Waals surface area (Å²) in [6.45, 7) is -0.0432. The predicted molar refractivity (Wildman–Crippen MR) is 82.3 cm³/mol. The summed E-state index contributed by atoms with van der Waals surface area (Å²) >= 11 is 5.81. The second-order valence-electron chi connectivity index (χ2n) is 4.83. The molecule has 0 radical (unpaired) electrons. The quantitative estimate of drug-likeness (QED) is 0.781. The van der Waals surface area contributed by atoms with Crippen LogP contribution in [0.4, 0.5) is 8.78 Å². The molecule has 1 N–H and O–H groups in total. The zero-order valence-corrected chi connectivity index (χ0v) is 12.8. The highest BCUT2D eigenvalue weighted by molar-refractivity contribution is 6.30. The summed E-state index contributed by atoms with van der Waals surface area (Å²) in [4.78, 5) is 16.0. The number of carbonyl (C=O) groups is 1. The highest BCUT2D eigenvalue weighted by Gasteiger charge is 2.12. The lowest BCUT2D eigenvalue weighted by molar-refractivity contribution is 0.0945. The smallest absolute Gasteiger partial charge is 0.251 e. The minimum absolute atomic E-state index is 0.00802. The maximum absolute atomic E-state index is 13.1. The fourth-order valence-electron chi connectivity index (χ4n) is 1.94. The molecule has 5 nitrogen and oxygen atoms in total. The van der Waals surface area contributed by atoms with E-state index in [1.54, 1.807) is 24.3 Å². The Labute approximate surface area is 140 Å². The van der Waals surface area contributed by atoms with Crippen molar-refractivity contribution in [3.63, 3.8) is 0 Å². The molecule has 8 heteroatoms. The van der Waals surface area contributed by atoms with Crippen molar-refractivity contribution in [2.24, 2.45) is 0 Å². The molecule has 0 spiro atoms. The van der Waals surface area contributed by atoms with Gasteiger partial charge in [-0.15, -0.1) is 0 Å². The van der Waals surface area contributed by atoms with Crippen molar-refractivity contribution in [2.75, 3.05) is 0 Å². The number of carbonyl (C=O) groups excluding carboxylic acids is 1. The molecule has 0 aliphatic carbocycles. The lowest BCUT2D eigenvalue weighted by atomic mass is 10.2. The highest BCUT2D eigenvalue weighted by atomic mass is 35.5. The molecular formula is C16H10ClF2N3O2. The van der Waals surface area contributed by atoms with Crippen LogP contribution in [0.2, 0.25) is 5.02 Å². The first kappa shape index (κ1) is 16.1. The summed E-state index contributed by atoms with van der Waals surface area (Å²) in [6, 6.07) is 9.73. The molecule has 0 bridgehead atoms. The van der Waals surface area contributed by atoms with Crippen LogP contribution in [0.25, 0.3) is 11.4 Å². The van der Waals surface area contributed by atoms with E-state index in [1.807, 2.05) is 0 Å². The van der Waals surface area contributed by atoms with E-state index in [0.29, 0.717) is 16.4 Å². The molecule has 0 aliphatic rings. The molecule has 0 unspecified atom stereocenters. The van der Waals surface area contributed by atoms with Gasteiger partial charge in [-0.2, -0.15) is 4.98 Å². The molecule has 24 heavy (non-hydrogen) atoms. The monoisotopic (exact) mass is 349 g/mol. The largest absolute Gasteiger partial charge is 0.343 e. The van der Waals surface area contributed by atoms with E-state index in [4.69, 9.17) is 16.1 Å². The molecule has 1 aromatic heterocycles. The number of hydrogen-bond acceptors (Lipinski definition) is 4. The normalized spacial score (nSPS) is 10.6. The summed E-state index contributed by atoms with van der Waals surface area (Å²) in [5, 5.41) is 6.88. The first-order valence-electron chi connectivity index (χ1n) is 6.85. The zero-order chi connectivity index (χ0) is 17.1. The fraction of sp³-hybridized carbons (Fsp3) is 0.0625. The number of benzene rings is 2. The van der Waals surface area contributed by atoms with Gasteiger partial charge in [0, 0.05) is 16.1 Å². The van der Waals surface area contributed by atoms with Crippen LogP contribution in [0, 0.1) is 11.6 Å². The highest BCUT2D eigenvalue weighted by Crippen LogP contribution is 2.18. The van der Waals surface area contributed by atoms with Crippen molar-refractivity contribution in [1.29, 1.82) is 0 Å². The van der Waals surface area contributed by atoms with Crippen molar-refractivity contribution < 1.29 is 18.1 Å². The average molecular weight is 350 g/mol. The summed E-state index contributed by atoms with van der Waals surface area (Å²) in [5.41, 5.74) is 0.702. The van der Waals surface area contributed by atoms with Gasteiger partial charge >= 0.3 is 0 Å². The molecule has 1 amide bonds. The van der Waals surface area contributed by atoms with Gasteiger partial charge in [0.15, 0.2) is 11.6 Å². The number of nitrogens with one attached hydrogen (secondary N) is 1. The third-order valence-electron chi connectivity index (χ3n) is 3.15. The number of amides is 1. The van der Waals surface area contributed by atoms with Crippen molar-refractivity contribution in [3.05, 3.63) is 70.6 Å². The number of hydrogen-bond donors (Lipinski definition) is 1. The van der Waals surface area contributed by atoms with Crippen LogP contribution in [-0.4, -0.2) is 16.0 Å². The van der Waals surface area contributed by atoms with E-state index in [-0.39, 0.29) is 18.0 Å². The molecule has 2 aromatic carbocycles. The molecule has 3 rings (SSSR count). The van der Waals surface area contributed by atoms with E-state index in [1.165, 1.54) is 6.07 Å². The van der Waals surface area contributed by atoms with Gasteiger partial charge in [-0.05, 0) is 42.5 Å². The molecule has 3 aromatic rings. The Kier molecular flexibility index (Phi) is 4.52. The second-order valence-corrected chi connectivity index (χ2v) is 5.27. The van der Waals surface area contributed by atoms with Gasteiger partial charge in [0.25, 0.3) is 5.91 Å². The minimum atomic E-state index is -1.09. The minimum Gasteiger partial charge on any atom is -0.343 e. The number of aromatic nitrogens is 2. The zero-order valence-electron chi connectivity index (χ0n) is 12.1. The first-order chi connectivity index (χ1) is 11.5. The molecule has 1 heterocycles. The Balaban J connectivity index is 1.65. The summed E-state index contributed by atoms with van der Waals surface area (Å²) in [6.07, 6.45) is 0. The second kappa shape index (κ2) is 6.76. The third-order valence-corrected chi connectivity index (χ3v) is 3.40. The predicted octanol–water partition coefficient (Wildman–Crippen LogP) is 3.60. The van der Waals surface area contributed by atoms with Crippen LogP contribution in [0.5, 0.6) is 0 Å². The lowest BCUT2D eigenvalue weighted by Crippen LogP contribution is -2.23. The Bertz CT molecular complexity index is 881. The van der Waals surface area contributed by atoms with Crippen molar-refractivity contribution in [2.45, 2.75) is 6.54 Å². The molecule has 0 saturated carbocycles. The SMILES string of the molecule is O=C(NCc1nc(-c2ccc(Cl)cc2)no1)c1ccc(F)c(F)c1. The van der Waals surface area contributed by atoms with E-state index >= 15 is 0 Å². The van der Waals surface area contributed by atoms with E-state index < -0.39 is 17.5 Å². The van der Waals surface area contributed by atoms with Crippen LogP contribution >= 0.6 is 11.6 Å². The van der Waals surface area contributed by atoms with Gasteiger partial charge in [0.1, 0.15) is 0 Å². The fourth-order valence-corrected chi connectivity index (χ4v) is 2.06. The lowest BCUT2D eigenvalue weighted by Gasteiger charge is -2.02. The maximum atomic E-state index is 13.1.